The molecule has 4 rings (SSSR count). The van der Waals surface area contributed by atoms with Crippen LogP contribution in [0.15, 0.2) is 53.5 Å². The second-order valence-electron chi connectivity index (χ2n) is 6.45. The summed E-state index contributed by atoms with van der Waals surface area (Å²) in [5.41, 5.74) is 1.91. The largest absolute Gasteiger partial charge is 0.489 e. The van der Waals surface area contributed by atoms with E-state index in [4.69, 9.17) is 21.1 Å². The van der Waals surface area contributed by atoms with Crippen molar-refractivity contribution in [3.63, 3.8) is 0 Å². The minimum Gasteiger partial charge on any atom is -0.489 e. The van der Waals surface area contributed by atoms with Crippen molar-refractivity contribution in [1.29, 1.82) is 0 Å². The van der Waals surface area contributed by atoms with E-state index in [-0.39, 0.29) is 11.7 Å². The first-order valence-corrected chi connectivity index (χ1v) is 9.32. The number of ether oxygens (including phenoxy) is 2. The van der Waals surface area contributed by atoms with E-state index in [1.807, 2.05) is 12.1 Å². The molecule has 1 saturated heterocycles. The van der Waals surface area contributed by atoms with Crippen molar-refractivity contribution in [3.05, 3.63) is 69.7 Å². The summed E-state index contributed by atoms with van der Waals surface area (Å²) in [5, 5.41) is 3.88. The zero-order chi connectivity index (χ0) is 18.6. The Morgan fingerprint density at radius 2 is 2.22 bits per heavy atom. The Kier molecular flexibility index (Phi) is 5.27. The van der Waals surface area contributed by atoms with Crippen LogP contribution in [-0.2, 0) is 11.3 Å². The van der Waals surface area contributed by atoms with Crippen LogP contribution in [0.5, 0.6) is 5.75 Å². The maximum absolute atomic E-state index is 12.2. The van der Waals surface area contributed by atoms with Gasteiger partial charge in [-0.15, -0.1) is 0 Å². The normalized spacial score (nSPS) is 16.6. The van der Waals surface area contributed by atoms with E-state index < -0.39 is 0 Å². The van der Waals surface area contributed by atoms with Gasteiger partial charge in [-0.25, -0.2) is 4.98 Å². The molecule has 1 fully saturated rings. The molecule has 1 atom stereocenters. The highest BCUT2D eigenvalue weighted by Gasteiger charge is 2.17. The lowest BCUT2D eigenvalue weighted by atomic mass is 10.2. The number of fused-ring (bicyclic) bond motifs is 1. The van der Waals surface area contributed by atoms with Gasteiger partial charge in [0.15, 0.2) is 0 Å². The highest BCUT2D eigenvalue weighted by Crippen LogP contribution is 2.29. The van der Waals surface area contributed by atoms with Crippen molar-refractivity contribution in [2.45, 2.75) is 25.5 Å². The molecule has 6 nitrogen and oxygen atoms in total. The van der Waals surface area contributed by atoms with Crippen molar-refractivity contribution in [1.82, 2.24) is 9.38 Å². The third-order valence-electron chi connectivity index (χ3n) is 4.47. The molecule has 0 bridgehead atoms. The maximum Gasteiger partial charge on any atom is 0.258 e. The van der Waals surface area contributed by atoms with E-state index in [1.54, 1.807) is 30.5 Å². The SMILES string of the molecule is O=c1cc(CNc2cc(Cl)ccc2OC[C@@H]2CCCO2)nc2ccccn12. The summed E-state index contributed by atoms with van der Waals surface area (Å²) in [5.74, 6) is 0.701. The van der Waals surface area contributed by atoms with Crippen LogP contribution in [0.25, 0.3) is 5.65 Å². The molecule has 0 spiro atoms. The number of nitrogens with one attached hydrogen (secondary N) is 1. The minimum absolute atomic E-state index is 0.113. The van der Waals surface area contributed by atoms with Gasteiger partial charge in [0.2, 0.25) is 0 Å². The predicted octanol–water partition coefficient (Wildman–Crippen LogP) is 3.52. The van der Waals surface area contributed by atoms with E-state index >= 15 is 0 Å². The number of hydrogen-bond acceptors (Lipinski definition) is 5. The van der Waals surface area contributed by atoms with Crippen LogP contribution in [0, 0.1) is 0 Å². The average molecular weight is 386 g/mol. The number of hydrogen-bond donors (Lipinski definition) is 1. The van der Waals surface area contributed by atoms with Gasteiger partial charge in [-0.2, -0.15) is 0 Å². The molecule has 0 saturated carbocycles. The third-order valence-corrected chi connectivity index (χ3v) is 4.71. The molecule has 3 aromatic rings. The zero-order valence-corrected chi connectivity index (χ0v) is 15.5. The second kappa shape index (κ2) is 7.98. The smallest absolute Gasteiger partial charge is 0.258 e. The topological polar surface area (TPSA) is 64.9 Å². The van der Waals surface area contributed by atoms with Crippen LogP contribution in [0.4, 0.5) is 5.69 Å². The van der Waals surface area contributed by atoms with Crippen LogP contribution < -0.4 is 15.6 Å². The highest BCUT2D eigenvalue weighted by molar-refractivity contribution is 6.30. The average Bonchev–Trinajstić information content (AvgIpc) is 3.19. The molecular weight excluding hydrogens is 366 g/mol. The van der Waals surface area contributed by atoms with Crippen LogP contribution in [-0.4, -0.2) is 28.7 Å². The standard InChI is InChI=1S/C20H20ClN3O3/c21-14-6-7-18(27-13-16-4-3-9-26-16)17(10-14)22-12-15-11-20(25)24-8-2-1-5-19(24)23-15/h1-2,5-8,10-11,16,22H,3-4,9,12-13H2/t16-/m0/s1. The van der Waals surface area contributed by atoms with Crippen molar-refractivity contribution < 1.29 is 9.47 Å². The number of halogens is 1. The molecule has 1 N–H and O–H groups in total. The first-order valence-electron chi connectivity index (χ1n) is 8.94. The number of nitrogens with zero attached hydrogens (tertiary/aromatic N) is 2. The van der Waals surface area contributed by atoms with E-state index in [1.165, 1.54) is 10.5 Å². The fourth-order valence-corrected chi connectivity index (χ4v) is 3.28. The number of benzene rings is 1. The van der Waals surface area contributed by atoms with Crippen molar-refractivity contribution >= 4 is 22.9 Å². The Labute approximate surface area is 161 Å². The van der Waals surface area contributed by atoms with Crippen LogP contribution >= 0.6 is 11.6 Å². The monoisotopic (exact) mass is 385 g/mol. The summed E-state index contributed by atoms with van der Waals surface area (Å²) >= 11 is 6.14. The first kappa shape index (κ1) is 17.8. The molecule has 0 radical (unpaired) electrons. The molecule has 0 amide bonds. The van der Waals surface area contributed by atoms with E-state index in [0.29, 0.717) is 35.3 Å². The van der Waals surface area contributed by atoms with E-state index in [0.717, 1.165) is 25.1 Å². The second-order valence-corrected chi connectivity index (χ2v) is 6.89. The fraction of sp³-hybridized carbons (Fsp3) is 0.300. The van der Waals surface area contributed by atoms with Gasteiger partial charge in [0.1, 0.15) is 18.0 Å². The molecule has 0 unspecified atom stereocenters. The van der Waals surface area contributed by atoms with Crippen molar-refractivity contribution in [3.8, 4) is 5.75 Å². The lowest BCUT2D eigenvalue weighted by molar-refractivity contribution is 0.0682. The number of aromatic nitrogens is 2. The highest BCUT2D eigenvalue weighted by atomic mass is 35.5. The van der Waals surface area contributed by atoms with Gasteiger partial charge < -0.3 is 14.8 Å². The van der Waals surface area contributed by atoms with Crippen molar-refractivity contribution in [2.75, 3.05) is 18.5 Å². The fourth-order valence-electron chi connectivity index (χ4n) is 3.10. The van der Waals surface area contributed by atoms with Gasteiger partial charge in [-0.3, -0.25) is 9.20 Å². The lowest BCUT2D eigenvalue weighted by Crippen LogP contribution is -2.18. The van der Waals surface area contributed by atoms with Gasteiger partial charge >= 0.3 is 0 Å². The Hall–Kier alpha value is -2.57. The Morgan fingerprint density at radius 1 is 1.30 bits per heavy atom. The molecule has 27 heavy (non-hydrogen) atoms. The van der Waals surface area contributed by atoms with Crippen molar-refractivity contribution in [2.24, 2.45) is 0 Å². The number of anilines is 1. The Bertz CT molecular complexity index is 999. The van der Waals surface area contributed by atoms with Crippen LogP contribution in [0.3, 0.4) is 0 Å². The number of pyridine rings is 1. The van der Waals surface area contributed by atoms with Gasteiger partial charge in [0.05, 0.1) is 24.0 Å². The zero-order valence-electron chi connectivity index (χ0n) is 14.7. The van der Waals surface area contributed by atoms with Gasteiger partial charge in [-0.1, -0.05) is 17.7 Å². The molecule has 1 aromatic carbocycles. The summed E-state index contributed by atoms with van der Waals surface area (Å²) < 4.78 is 13.0. The maximum atomic E-state index is 12.2. The molecule has 7 heteroatoms. The summed E-state index contributed by atoms with van der Waals surface area (Å²) in [6.07, 6.45) is 3.93. The third kappa shape index (κ3) is 4.23. The molecular formula is C20H20ClN3O3. The Morgan fingerprint density at radius 3 is 3.07 bits per heavy atom. The minimum atomic E-state index is -0.113. The van der Waals surface area contributed by atoms with Gasteiger partial charge in [-0.05, 0) is 43.2 Å². The molecule has 2 aromatic heterocycles. The summed E-state index contributed by atoms with van der Waals surface area (Å²) in [6.45, 7) is 1.69. The quantitative estimate of drug-likeness (QED) is 0.703. The van der Waals surface area contributed by atoms with E-state index in [9.17, 15) is 4.79 Å². The van der Waals surface area contributed by atoms with Gasteiger partial charge in [0.25, 0.3) is 5.56 Å². The van der Waals surface area contributed by atoms with Crippen LogP contribution in [0.1, 0.15) is 18.5 Å². The lowest BCUT2D eigenvalue weighted by Gasteiger charge is -2.16. The summed E-state index contributed by atoms with van der Waals surface area (Å²) in [6, 6.07) is 12.4. The van der Waals surface area contributed by atoms with Crippen LogP contribution in [0.2, 0.25) is 5.02 Å². The van der Waals surface area contributed by atoms with E-state index in [2.05, 4.69) is 10.3 Å². The summed E-state index contributed by atoms with van der Waals surface area (Å²) in [4.78, 5) is 16.7. The van der Waals surface area contributed by atoms with Gasteiger partial charge in [0, 0.05) is 23.9 Å². The molecule has 1 aliphatic heterocycles. The Balaban J connectivity index is 1.50. The molecule has 3 heterocycles. The molecule has 0 aliphatic carbocycles. The molecule has 140 valence electrons. The molecule has 1 aliphatic rings. The number of rotatable bonds is 6. The first-order chi connectivity index (χ1) is 13.2. The summed E-state index contributed by atoms with van der Waals surface area (Å²) in [7, 11) is 0. The predicted molar refractivity (Wildman–Crippen MR) is 105 cm³/mol.